The second kappa shape index (κ2) is 8.05. The predicted molar refractivity (Wildman–Crippen MR) is 85.2 cm³/mol. The molecule has 1 aromatic carbocycles. The summed E-state index contributed by atoms with van der Waals surface area (Å²) in [5, 5.41) is 13.0. The molecule has 3 nitrogen and oxygen atoms in total. The van der Waals surface area contributed by atoms with Gasteiger partial charge in [-0.15, -0.1) is 0 Å². The molecule has 21 heavy (non-hydrogen) atoms. The number of benzene rings is 1. The lowest BCUT2D eigenvalue weighted by atomic mass is 10.0. The molecular weight excluding hydrogens is 260 g/mol. The number of hydrogen-bond acceptors (Lipinski definition) is 3. The molecule has 1 fully saturated rings. The van der Waals surface area contributed by atoms with Gasteiger partial charge in [-0.05, 0) is 44.4 Å². The first-order valence-electron chi connectivity index (χ1n) is 8.11. The van der Waals surface area contributed by atoms with E-state index in [9.17, 15) is 5.26 Å². The zero-order valence-electron chi connectivity index (χ0n) is 13.1. The highest BCUT2D eigenvalue weighted by Gasteiger charge is 2.18. The Balaban J connectivity index is 2.04. The summed E-state index contributed by atoms with van der Waals surface area (Å²) >= 11 is 0. The average Bonchev–Trinajstić information content (AvgIpc) is 2.73. The molecule has 3 heteroatoms. The Hall–Kier alpha value is -1.53. The van der Waals surface area contributed by atoms with Crippen LogP contribution in [0.5, 0.6) is 5.75 Å². The standard InChI is InChI=1S/C18H26N2O/c1-14(2)21-17-11-7-8-15(12-17)18(13-19)20-16-9-5-3-4-6-10-16/h7-8,11-12,14,16,18,20H,3-6,9-10H2,1-2H3. The Morgan fingerprint density at radius 2 is 1.90 bits per heavy atom. The van der Waals surface area contributed by atoms with Crippen molar-refractivity contribution in [3.63, 3.8) is 0 Å². The molecule has 1 unspecified atom stereocenters. The lowest BCUT2D eigenvalue weighted by Crippen LogP contribution is -2.31. The molecule has 2 rings (SSSR count). The van der Waals surface area contributed by atoms with Crippen LogP contribution in [-0.2, 0) is 0 Å². The van der Waals surface area contributed by atoms with Gasteiger partial charge >= 0.3 is 0 Å². The third-order valence-corrected chi connectivity index (χ3v) is 3.95. The van der Waals surface area contributed by atoms with Gasteiger partial charge in [-0.1, -0.05) is 37.8 Å². The van der Waals surface area contributed by atoms with Crippen LogP contribution in [0.25, 0.3) is 0 Å². The molecule has 1 aromatic rings. The lowest BCUT2D eigenvalue weighted by Gasteiger charge is -2.21. The molecule has 1 N–H and O–H groups in total. The molecular formula is C18H26N2O. The van der Waals surface area contributed by atoms with Gasteiger partial charge in [0.05, 0.1) is 12.2 Å². The van der Waals surface area contributed by atoms with Crippen LogP contribution in [0.3, 0.4) is 0 Å². The fourth-order valence-corrected chi connectivity index (χ4v) is 2.93. The molecule has 1 aliphatic rings. The molecule has 0 saturated heterocycles. The van der Waals surface area contributed by atoms with Gasteiger partial charge in [0.2, 0.25) is 0 Å². The molecule has 1 atom stereocenters. The Morgan fingerprint density at radius 1 is 1.19 bits per heavy atom. The van der Waals surface area contributed by atoms with Crippen molar-refractivity contribution in [3.05, 3.63) is 29.8 Å². The molecule has 114 valence electrons. The molecule has 1 saturated carbocycles. The maximum Gasteiger partial charge on any atom is 0.121 e. The fourth-order valence-electron chi connectivity index (χ4n) is 2.93. The second-order valence-corrected chi connectivity index (χ2v) is 6.16. The van der Waals surface area contributed by atoms with E-state index >= 15 is 0 Å². The van der Waals surface area contributed by atoms with E-state index in [0.717, 1.165) is 11.3 Å². The summed E-state index contributed by atoms with van der Waals surface area (Å²) in [6.07, 6.45) is 7.70. The van der Waals surface area contributed by atoms with Crippen molar-refractivity contribution in [2.75, 3.05) is 0 Å². The predicted octanol–water partition coefficient (Wildman–Crippen LogP) is 4.35. The maximum absolute atomic E-state index is 9.50. The lowest BCUT2D eigenvalue weighted by molar-refractivity contribution is 0.242. The molecule has 0 aliphatic heterocycles. The Morgan fingerprint density at radius 3 is 2.52 bits per heavy atom. The molecule has 0 aromatic heterocycles. The SMILES string of the molecule is CC(C)Oc1cccc(C(C#N)NC2CCCCCC2)c1. The van der Waals surface area contributed by atoms with Gasteiger partial charge in [-0.3, -0.25) is 5.32 Å². The summed E-state index contributed by atoms with van der Waals surface area (Å²) in [6.45, 7) is 4.02. The maximum atomic E-state index is 9.50. The smallest absolute Gasteiger partial charge is 0.121 e. The van der Waals surface area contributed by atoms with Crippen molar-refractivity contribution in [2.45, 2.75) is 70.6 Å². The number of ether oxygens (including phenoxy) is 1. The van der Waals surface area contributed by atoms with Gasteiger partial charge in [0, 0.05) is 6.04 Å². The van der Waals surface area contributed by atoms with Gasteiger partial charge < -0.3 is 4.74 Å². The Bertz CT molecular complexity index is 470. The van der Waals surface area contributed by atoms with Gasteiger partial charge in [-0.25, -0.2) is 0 Å². The van der Waals surface area contributed by atoms with Crippen molar-refractivity contribution in [3.8, 4) is 11.8 Å². The van der Waals surface area contributed by atoms with Crippen LogP contribution in [-0.4, -0.2) is 12.1 Å². The average molecular weight is 286 g/mol. The van der Waals surface area contributed by atoms with Crippen LogP contribution >= 0.6 is 0 Å². The van der Waals surface area contributed by atoms with E-state index in [1.165, 1.54) is 38.5 Å². The van der Waals surface area contributed by atoms with Crippen LogP contribution in [0.2, 0.25) is 0 Å². The molecule has 1 aliphatic carbocycles. The first kappa shape index (κ1) is 15.9. The van der Waals surface area contributed by atoms with Crippen molar-refractivity contribution in [1.29, 1.82) is 5.26 Å². The zero-order valence-corrected chi connectivity index (χ0v) is 13.1. The number of nitriles is 1. The number of nitrogens with zero attached hydrogens (tertiary/aromatic N) is 1. The fraction of sp³-hybridized carbons (Fsp3) is 0.611. The summed E-state index contributed by atoms with van der Waals surface area (Å²) in [7, 11) is 0. The first-order valence-corrected chi connectivity index (χ1v) is 8.11. The Kier molecular flexibility index (Phi) is 6.07. The normalized spacial score (nSPS) is 18.0. The third-order valence-electron chi connectivity index (χ3n) is 3.95. The summed E-state index contributed by atoms with van der Waals surface area (Å²) in [6, 6.07) is 10.5. The van der Waals surface area contributed by atoms with Crippen molar-refractivity contribution >= 4 is 0 Å². The largest absolute Gasteiger partial charge is 0.491 e. The zero-order chi connectivity index (χ0) is 15.1. The van der Waals surface area contributed by atoms with E-state index in [2.05, 4.69) is 11.4 Å². The van der Waals surface area contributed by atoms with Crippen molar-refractivity contribution in [2.24, 2.45) is 0 Å². The van der Waals surface area contributed by atoms with Gasteiger partial charge in [0.25, 0.3) is 0 Å². The van der Waals surface area contributed by atoms with Gasteiger partial charge in [0.15, 0.2) is 0 Å². The quantitative estimate of drug-likeness (QED) is 0.818. The van der Waals surface area contributed by atoms with Crippen LogP contribution in [0.4, 0.5) is 0 Å². The monoisotopic (exact) mass is 286 g/mol. The molecule has 0 radical (unpaired) electrons. The van der Waals surface area contributed by atoms with E-state index in [1.807, 2.05) is 38.1 Å². The van der Waals surface area contributed by atoms with E-state index in [-0.39, 0.29) is 12.1 Å². The van der Waals surface area contributed by atoms with E-state index in [1.54, 1.807) is 0 Å². The summed E-state index contributed by atoms with van der Waals surface area (Å²) in [5.74, 6) is 0.838. The van der Waals surface area contributed by atoms with Gasteiger partial charge in [0.1, 0.15) is 11.8 Å². The first-order chi connectivity index (χ1) is 10.2. The molecule has 0 amide bonds. The highest BCUT2D eigenvalue weighted by atomic mass is 16.5. The minimum absolute atomic E-state index is 0.149. The highest BCUT2D eigenvalue weighted by Crippen LogP contribution is 2.23. The van der Waals surface area contributed by atoms with Crippen molar-refractivity contribution < 1.29 is 4.74 Å². The van der Waals surface area contributed by atoms with Crippen molar-refractivity contribution in [1.82, 2.24) is 5.32 Å². The minimum Gasteiger partial charge on any atom is -0.491 e. The van der Waals surface area contributed by atoms with E-state index in [4.69, 9.17) is 4.74 Å². The topological polar surface area (TPSA) is 45.0 Å². The van der Waals surface area contributed by atoms with Crippen LogP contribution in [0, 0.1) is 11.3 Å². The van der Waals surface area contributed by atoms with Crippen LogP contribution in [0.15, 0.2) is 24.3 Å². The summed E-state index contributed by atoms with van der Waals surface area (Å²) in [5.41, 5.74) is 1.000. The van der Waals surface area contributed by atoms with Crippen LogP contribution < -0.4 is 10.1 Å². The number of rotatable bonds is 5. The summed E-state index contributed by atoms with van der Waals surface area (Å²) < 4.78 is 5.72. The minimum atomic E-state index is -0.246. The van der Waals surface area contributed by atoms with E-state index in [0.29, 0.717) is 6.04 Å². The number of nitrogens with one attached hydrogen (secondary N) is 1. The van der Waals surface area contributed by atoms with E-state index < -0.39 is 0 Å². The third kappa shape index (κ3) is 5.06. The summed E-state index contributed by atoms with van der Waals surface area (Å²) in [4.78, 5) is 0. The highest BCUT2D eigenvalue weighted by molar-refractivity contribution is 5.33. The number of hydrogen-bond donors (Lipinski definition) is 1. The molecule has 0 heterocycles. The molecule has 0 bridgehead atoms. The Labute approximate surface area is 128 Å². The van der Waals surface area contributed by atoms with Gasteiger partial charge in [-0.2, -0.15) is 5.26 Å². The molecule has 0 spiro atoms. The second-order valence-electron chi connectivity index (χ2n) is 6.16. The van der Waals surface area contributed by atoms with Crippen LogP contribution in [0.1, 0.15) is 64.0 Å².